The van der Waals surface area contributed by atoms with Crippen LogP contribution in [0.15, 0.2) is 181 Å². The Morgan fingerprint density at radius 2 is 1.19 bits per heavy atom. The van der Waals surface area contributed by atoms with Crippen LogP contribution < -0.4 is 9.47 Å². The van der Waals surface area contributed by atoms with Gasteiger partial charge in [0.05, 0.1) is 12.2 Å². The molecular formula is C82H107N3O6. The van der Waals surface area contributed by atoms with Crippen LogP contribution in [0.1, 0.15) is 228 Å². The van der Waals surface area contributed by atoms with E-state index in [1.807, 2.05) is 117 Å². The Bertz CT molecular complexity index is 3470. The van der Waals surface area contributed by atoms with Crippen LogP contribution >= 0.6 is 0 Å². The molecular weight excluding hydrogens is 1120 g/mol. The minimum absolute atomic E-state index is 0.0122. The highest BCUT2D eigenvalue weighted by atomic mass is 16.5. The largest absolute Gasteiger partial charge is 0.493 e. The smallest absolute Gasteiger partial charge is 0.219 e. The standard InChI is InChI=1S/C17H19NO.C15H17NO.C15H22O.C13H18O2.C13H18O.C9H13N/c1-17(2,3)15-8-4-6-13(10-15)11-16(19)14-7-5-9-18-12-14;1-15(2,3)12-9-10-14(16-11-12)17-13-7-5-4-6-8-13;1-15(2,3)11-7-10-14(16)12-13-8-5-4-6-9-13;1-8-11-9(14)6-5-7-10(11)15-12(8)13(2,3)4;1-13(2,3)11-8-10-6-4-5-7-12(10)14-9-11;1-9(2,3)8-4-6-10-7-5-8/h4-10,12H,11H2,1-3H3;4-11H,1-3H3;4-6,8-9H,7,10-12H2,1-3H3;5-7H2,1-4H3;4-7,11H,8-9H2,1-3H3;4-7H,1-3H3. The molecule has 486 valence electrons. The predicted molar refractivity (Wildman–Crippen MR) is 376 cm³/mol. The molecule has 0 spiro atoms. The van der Waals surface area contributed by atoms with E-state index in [2.05, 4.69) is 188 Å². The number of rotatable bonds is 10. The number of nitrogens with zero attached hydrogens (tertiary/aromatic N) is 3. The van der Waals surface area contributed by atoms with Crippen LogP contribution in [0.4, 0.5) is 0 Å². The maximum atomic E-state index is 12.1. The van der Waals surface area contributed by atoms with E-state index in [-0.39, 0.29) is 33.2 Å². The number of pyridine rings is 3. The number of ketones is 3. The zero-order valence-corrected chi connectivity index (χ0v) is 58.7. The molecule has 1 aliphatic heterocycles. The number of hydrogen-bond acceptors (Lipinski definition) is 9. The van der Waals surface area contributed by atoms with Crippen LogP contribution in [0.25, 0.3) is 0 Å². The van der Waals surface area contributed by atoms with Gasteiger partial charge in [0.25, 0.3) is 0 Å². The lowest BCUT2D eigenvalue weighted by Gasteiger charge is -2.34. The van der Waals surface area contributed by atoms with Crippen molar-refractivity contribution in [3.8, 4) is 17.4 Å². The maximum absolute atomic E-state index is 12.1. The molecule has 91 heavy (non-hydrogen) atoms. The number of hydrogen-bond donors (Lipinski definition) is 0. The lowest BCUT2D eigenvalue weighted by molar-refractivity contribution is -0.118. The molecule has 0 bridgehead atoms. The molecule has 9 nitrogen and oxygen atoms in total. The van der Waals surface area contributed by atoms with Crippen molar-refractivity contribution < 1.29 is 28.3 Å². The van der Waals surface area contributed by atoms with E-state index in [0.717, 1.165) is 84.0 Å². The summed E-state index contributed by atoms with van der Waals surface area (Å²) in [6.07, 6.45) is 16.4. The maximum Gasteiger partial charge on any atom is 0.219 e. The van der Waals surface area contributed by atoms with E-state index in [9.17, 15) is 14.4 Å². The molecule has 0 radical (unpaired) electrons. The normalized spacial score (nSPS) is 13.7. The number of fused-ring (bicyclic) bond motifs is 2. The van der Waals surface area contributed by atoms with Gasteiger partial charge in [-0.25, -0.2) is 4.98 Å². The highest BCUT2D eigenvalue weighted by Crippen LogP contribution is 2.37. The molecule has 10 rings (SSSR count). The van der Waals surface area contributed by atoms with Crippen molar-refractivity contribution >= 4 is 17.3 Å². The van der Waals surface area contributed by atoms with Crippen molar-refractivity contribution in [1.29, 1.82) is 0 Å². The Labute approximate surface area is 547 Å². The predicted octanol–water partition coefficient (Wildman–Crippen LogP) is 21.1. The third-order valence-corrected chi connectivity index (χ3v) is 16.0. The van der Waals surface area contributed by atoms with E-state index < -0.39 is 0 Å². The Kier molecular flexibility index (Phi) is 27.2. The van der Waals surface area contributed by atoms with Gasteiger partial charge < -0.3 is 13.9 Å². The minimum Gasteiger partial charge on any atom is -0.493 e. The van der Waals surface area contributed by atoms with Crippen molar-refractivity contribution in [1.82, 2.24) is 15.0 Å². The zero-order chi connectivity index (χ0) is 67.2. The van der Waals surface area contributed by atoms with E-state index in [1.165, 1.54) is 22.3 Å². The molecule has 2 aliphatic rings. The monoisotopic (exact) mass is 1230 g/mol. The summed E-state index contributed by atoms with van der Waals surface area (Å²) in [5.74, 6) is 5.76. The number of aromatic nitrogens is 3. The van der Waals surface area contributed by atoms with Crippen molar-refractivity contribution in [3.05, 3.63) is 238 Å². The van der Waals surface area contributed by atoms with Gasteiger partial charge in [-0.05, 0) is 136 Å². The van der Waals surface area contributed by atoms with Gasteiger partial charge in [0.1, 0.15) is 28.8 Å². The van der Waals surface area contributed by atoms with Crippen molar-refractivity contribution in [2.75, 3.05) is 6.61 Å². The van der Waals surface area contributed by atoms with Crippen molar-refractivity contribution in [2.24, 2.45) is 16.7 Å². The van der Waals surface area contributed by atoms with E-state index in [1.54, 1.807) is 18.5 Å². The molecule has 0 N–H and O–H groups in total. The van der Waals surface area contributed by atoms with Crippen LogP contribution in [0.2, 0.25) is 0 Å². The number of para-hydroxylation sites is 2. The topological polar surface area (TPSA) is 121 Å². The summed E-state index contributed by atoms with van der Waals surface area (Å²) in [6, 6.07) is 48.0. The molecule has 0 fully saturated rings. The number of carbonyl (C=O) groups excluding carboxylic acids is 3. The molecule has 4 aromatic carbocycles. The Morgan fingerprint density at radius 1 is 0.571 bits per heavy atom. The second-order valence-corrected chi connectivity index (χ2v) is 30.5. The molecule has 8 aromatic rings. The van der Waals surface area contributed by atoms with Gasteiger partial charge in [-0.3, -0.25) is 24.4 Å². The third-order valence-electron chi connectivity index (χ3n) is 16.0. The summed E-state index contributed by atoms with van der Waals surface area (Å²) < 4.78 is 17.2. The van der Waals surface area contributed by atoms with Crippen LogP contribution in [-0.4, -0.2) is 38.9 Å². The van der Waals surface area contributed by atoms with Crippen LogP contribution in [-0.2, 0) is 52.1 Å². The van der Waals surface area contributed by atoms with Crippen LogP contribution in [0.5, 0.6) is 17.4 Å². The Morgan fingerprint density at radius 3 is 1.74 bits per heavy atom. The first-order valence-corrected chi connectivity index (χ1v) is 32.6. The zero-order valence-electron chi connectivity index (χ0n) is 58.7. The highest BCUT2D eigenvalue weighted by Gasteiger charge is 2.32. The molecule has 0 saturated heterocycles. The summed E-state index contributed by atoms with van der Waals surface area (Å²) in [5, 5.41) is 0. The molecule has 1 aliphatic carbocycles. The SMILES string of the molecule is CC(C)(C)C1COc2ccccc2C1.CC(C)(C)CCCC(=O)Cc1ccccc1.CC(C)(C)c1ccc(Oc2ccccc2)nc1.CC(C)(C)c1cccc(CC(=O)c2cccnc2)c1.CC(C)(C)c1ccncc1.Cc1c(C(C)(C)C)oc2c1C(=O)CCC2. The van der Waals surface area contributed by atoms with Gasteiger partial charge in [0.15, 0.2) is 11.6 Å². The quantitative estimate of drug-likeness (QED) is 0.123. The van der Waals surface area contributed by atoms with Crippen molar-refractivity contribution in [2.45, 2.75) is 211 Å². The molecule has 5 heterocycles. The molecule has 0 saturated carbocycles. The Balaban J connectivity index is 0.000000200. The number of aryl methyl sites for hydroxylation is 1. The third kappa shape index (κ3) is 25.8. The first kappa shape index (κ1) is 74.0. The fourth-order valence-electron chi connectivity index (χ4n) is 10.3. The first-order chi connectivity index (χ1) is 42.6. The lowest BCUT2D eigenvalue weighted by Crippen LogP contribution is -2.31. The van der Waals surface area contributed by atoms with Gasteiger partial charge in [0, 0.05) is 91.6 Å². The van der Waals surface area contributed by atoms with Crippen LogP contribution in [0, 0.1) is 23.7 Å². The summed E-state index contributed by atoms with van der Waals surface area (Å²) in [4.78, 5) is 47.9. The Hall–Kier alpha value is -7.78. The molecule has 1 atom stereocenters. The first-order valence-electron chi connectivity index (χ1n) is 32.6. The van der Waals surface area contributed by atoms with E-state index in [0.29, 0.717) is 59.7 Å². The van der Waals surface area contributed by atoms with Gasteiger partial charge in [-0.2, -0.15) is 0 Å². The average molecular weight is 1230 g/mol. The number of furan rings is 1. The summed E-state index contributed by atoms with van der Waals surface area (Å²) in [5.41, 5.74) is 11.1. The van der Waals surface area contributed by atoms with Gasteiger partial charge in [-0.1, -0.05) is 222 Å². The highest BCUT2D eigenvalue weighted by molar-refractivity contribution is 5.99. The number of Topliss-reactive ketones (excluding diaryl/α,β-unsaturated/α-hetero) is 3. The second kappa shape index (κ2) is 33.5. The fourth-order valence-corrected chi connectivity index (χ4v) is 10.3. The average Bonchev–Trinajstić information content (AvgIpc) is 1.72. The van der Waals surface area contributed by atoms with Crippen LogP contribution in [0.3, 0.4) is 0 Å². The number of ether oxygens (including phenoxy) is 2. The van der Waals surface area contributed by atoms with Crippen molar-refractivity contribution in [3.63, 3.8) is 0 Å². The summed E-state index contributed by atoms with van der Waals surface area (Å²) >= 11 is 0. The molecule has 0 amide bonds. The van der Waals surface area contributed by atoms with Gasteiger partial charge >= 0.3 is 0 Å². The lowest BCUT2D eigenvalue weighted by atomic mass is 9.77. The van der Waals surface area contributed by atoms with E-state index >= 15 is 0 Å². The fraction of sp³-hybridized carbons (Fsp3) is 0.439. The van der Waals surface area contributed by atoms with Gasteiger partial charge in [0.2, 0.25) is 5.88 Å². The number of benzene rings is 4. The summed E-state index contributed by atoms with van der Waals surface area (Å²) in [7, 11) is 0. The van der Waals surface area contributed by atoms with Gasteiger partial charge in [-0.15, -0.1) is 0 Å². The molecule has 1 unspecified atom stereocenters. The number of carbonyl (C=O) groups is 3. The van der Waals surface area contributed by atoms with E-state index in [4.69, 9.17) is 13.9 Å². The second-order valence-electron chi connectivity index (χ2n) is 30.5. The summed E-state index contributed by atoms with van der Waals surface area (Å²) in [6.45, 7) is 42.4. The minimum atomic E-state index is -0.0122. The molecule has 9 heteroatoms. The molecule has 4 aromatic heterocycles.